The number of anilines is 1. The summed E-state index contributed by atoms with van der Waals surface area (Å²) in [5.41, 5.74) is 0.455. The predicted octanol–water partition coefficient (Wildman–Crippen LogP) is 3.57. The Hall–Kier alpha value is -3.22. The lowest BCUT2D eigenvalue weighted by Gasteiger charge is -2.29. The number of hydrogen-bond donors (Lipinski definition) is 1. The number of amides is 1. The van der Waals surface area contributed by atoms with Crippen molar-refractivity contribution >= 4 is 50.1 Å². The molecule has 1 aliphatic heterocycles. The summed E-state index contributed by atoms with van der Waals surface area (Å²) >= 11 is 1.16. The minimum Gasteiger partial charge on any atom is -0.461 e. The standard InChI is InChI=1S/C23H24N2O8S2/c1-2-31-23(28)24-17-5-6-18-16(12-20(26)33-19(18)13-17)14-32-22(27)15-7-9-25(10-8-15)35(29,30)21-4-3-11-34-21/h3-6,11-13,15H,2,7-10,14H2,1H3,(H,24,28). The van der Waals surface area contributed by atoms with Crippen LogP contribution in [-0.4, -0.2) is 44.5 Å². The number of carbonyl (C=O) groups is 2. The number of esters is 1. The molecule has 1 aliphatic rings. The number of nitrogens with one attached hydrogen (secondary N) is 1. The van der Waals surface area contributed by atoms with Crippen LogP contribution in [0.3, 0.4) is 0 Å². The predicted molar refractivity (Wildman–Crippen MR) is 129 cm³/mol. The maximum Gasteiger partial charge on any atom is 0.411 e. The third kappa shape index (κ3) is 5.72. The monoisotopic (exact) mass is 520 g/mol. The van der Waals surface area contributed by atoms with E-state index in [1.807, 2.05) is 0 Å². The number of piperidine rings is 1. The molecule has 0 atom stereocenters. The molecule has 1 fully saturated rings. The molecule has 0 spiro atoms. The zero-order valence-corrected chi connectivity index (χ0v) is 20.5. The number of rotatable bonds is 7. The van der Waals surface area contributed by atoms with Crippen molar-refractivity contribution < 1.29 is 31.9 Å². The Morgan fingerprint density at radius 1 is 1.17 bits per heavy atom. The second-order valence-electron chi connectivity index (χ2n) is 7.87. The normalized spacial score (nSPS) is 15.1. The van der Waals surface area contributed by atoms with Crippen molar-refractivity contribution in [2.75, 3.05) is 25.0 Å². The molecule has 0 saturated carbocycles. The van der Waals surface area contributed by atoms with E-state index < -0.39 is 33.6 Å². The number of nitrogens with zero attached hydrogens (tertiary/aromatic N) is 1. The van der Waals surface area contributed by atoms with Gasteiger partial charge in [0, 0.05) is 41.9 Å². The molecule has 4 rings (SSSR count). The number of carbonyl (C=O) groups excluding carboxylic acids is 2. The Labute approximate surface area is 205 Å². The zero-order valence-electron chi connectivity index (χ0n) is 18.9. The highest BCUT2D eigenvalue weighted by atomic mass is 32.2. The third-order valence-electron chi connectivity index (χ3n) is 5.60. The lowest BCUT2D eigenvalue weighted by atomic mass is 9.98. The topological polar surface area (TPSA) is 132 Å². The molecule has 12 heteroatoms. The summed E-state index contributed by atoms with van der Waals surface area (Å²) in [5, 5.41) is 4.81. The number of hydrogen-bond acceptors (Lipinski definition) is 9. The number of fused-ring (bicyclic) bond motifs is 1. The first-order chi connectivity index (χ1) is 16.8. The van der Waals surface area contributed by atoms with Crippen LogP contribution in [0.4, 0.5) is 10.5 Å². The second-order valence-corrected chi connectivity index (χ2v) is 11.0. The van der Waals surface area contributed by atoms with Gasteiger partial charge in [-0.15, -0.1) is 11.3 Å². The summed E-state index contributed by atoms with van der Waals surface area (Å²) in [6.45, 7) is 2.22. The molecule has 0 bridgehead atoms. The van der Waals surface area contributed by atoms with Gasteiger partial charge in [0.15, 0.2) is 0 Å². The van der Waals surface area contributed by atoms with Crippen LogP contribution in [0.2, 0.25) is 0 Å². The van der Waals surface area contributed by atoms with E-state index in [-0.39, 0.29) is 36.1 Å². The van der Waals surface area contributed by atoms with E-state index in [9.17, 15) is 22.8 Å². The molecule has 35 heavy (non-hydrogen) atoms. The molecular weight excluding hydrogens is 496 g/mol. The minimum atomic E-state index is -3.55. The summed E-state index contributed by atoms with van der Waals surface area (Å²) in [7, 11) is -3.55. The van der Waals surface area contributed by atoms with Crippen LogP contribution >= 0.6 is 11.3 Å². The third-order valence-corrected chi connectivity index (χ3v) is 8.87. The zero-order chi connectivity index (χ0) is 25.0. The van der Waals surface area contributed by atoms with Gasteiger partial charge in [-0.05, 0) is 43.3 Å². The highest BCUT2D eigenvalue weighted by molar-refractivity contribution is 7.91. The van der Waals surface area contributed by atoms with Crippen LogP contribution in [0.25, 0.3) is 11.0 Å². The van der Waals surface area contributed by atoms with E-state index >= 15 is 0 Å². The lowest BCUT2D eigenvalue weighted by Crippen LogP contribution is -2.40. The molecule has 2 aromatic heterocycles. The molecule has 0 aliphatic carbocycles. The van der Waals surface area contributed by atoms with Crippen molar-refractivity contribution in [3.8, 4) is 0 Å². The molecular formula is C23H24N2O8S2. The van der Waals surface area contributed by atoms with Crippen molar-refractivity contribution in [2.24, 2.45) is 5.92 Å². The van der Waals surface area contributed by atoms with E-state index in [4.69, 9.17) is 13.9 Å². The van der Waals surface area contributed by atoms with Crippen molar-refractivity contribution in [3.05, 3.63) is 57.8 Å². The maximum absolute atomic E-state index is 12.7. The Bertz CT molecular complexity index is 1370. The van der Waals surface area contributed by atoms with Crippen LogP contribution in [0.15, 0.2) is 55.2 Å². The van der Waals surface area contributed by atoms with Crippen LogP contribution in [0.5, 0.6) is 0 Å². The number of thiophene rings is 1. The van der Waals surface area contributed by atoms with Gasteiger partial charge in [0.25, 0.3) is 10.0 Å². The molecule has 3 heterocycles. The second kappa shape index (κ2) is 10.6. The van der Waals surface area contributed by atoms with Gasteiger partial charge in [0.2, 0.25) is 0 Å². The van der Waals surface area contributed by atoms with Crippen LogP contribution < -0.4 is 10.9 Å². The van der Waals surface area contributed by atoms with Gasteiger partial charge in [0.05, 0.1) is 12.5 Å². The summed E-state index contributed by atoms with van der Waals surface area (Å²) in [6.07, 6.45) is 0.0714. The summed E-state index contributed by atoms with van der Waals surface area (Å²) in [4.78, 5) is 36.3. The highest BCUT2D eigenvalue weighted by Gasteiger charge is 2.33. The van der Waals surface area contributed by atoms with Gasteiger partial charge >= 0.3 is 17.7 Å². The van der Waals surface area contributed by atoms with E-state index in [2.05, 4.69) is 5.32 Å². The van der Waals surface area contributed by atoms with Gasteiger partial charge in [-0.25, -0.2) is 18.0 Å². The number of sulfonamides is 1. The Balaban J connectivity index is 1.39. The van der Waals surface area contributed by atoms with Crippen molar-refractivity contribution in [1.29, 1.82) is 0 Å². The maximum atomic E-state index is 12.7. The fraction of sp³-hybridized carbons (Fsp3) is 0.348. The molecule has 1 saturated heterocycles. The lowest BCUT2D eigenvalue weighted by molar-refractivity contribution is -0.151. The number of ether oxygens (including phenoxy) is 2. The Kier molecular flexibility index (Phi) is 7.53. The van der Waals surface area contributed by atoms with E-state index in [0.717, 1.165) is 11.3 Å². The summed E-state index contributed by atoms with van der Waals surface area (Å²) in [6, 6.07) is 9.27. The Morgan fingerprint density at radius 2 is 1.94 bits per heavy atom. The molecule has 0 radical (unpaired) electrons. The van der Waals surface area contributed by atoms with Crippen molar-refractivity contribution in [2.45, 2.75) is 30.6 Å². The molecule has 3 aromatic rings. The molecule has 186 valence electrons. The largest absolute Gasteiger partial charge is 0.461 e. The molecule has 1 amide bonds. The molecule has 1 N–H and O–H groups in total. The Morgan fingerprint density at radius 3 is 2.63 bits per heavy atom. The van der Waals surface area contributed by atoms with Gasteiger partial charge in [0.1, 0.15) is 16.4 Å². The van der Waals surface area contributed by atoms with Gasteiger partial charge in [-0.1, -0.05) is 6.07 Å². The first-order valence-corrected chi connectivity index (χ1v) is 13.3. The van der Waals surface area contributed by atoms with Crippen molar-refractivity contribution in [1.82, 2.24) is 4.31 Å². The van der Waals surface area contributed by atoms with E-state index in [1.54, 1.807) is 36.6 Å². The average molecular weight is 521 g/mol. The van der Waals surface area contributed by atoms with Gasteiger partial charge in [-0.2, -0.15) is 4.31 Å². The SMILES string of the molecule is CCOC(=O)Nc1ccc2c(COC(=O)C3CCN(S(=O)(=O)c4cccs4)CC3)cc(=O)oc2c1. The molecule has 1 aromatic carbocycles. The highest BCUT2D eigenvalue weighted by Crippen LogP contribution is 2.28. The average Bonchev–Trinajstić information content (AvgIpc) is 3.38. The quantitative estimate of drug-likeness (QED) is 0.369. The first-order valence-electron chi connectivity index (χ1n) is 11.0. The van der Waals surface area contributed by atoms with Gasteiger partial charge in [-0.3, -0.25) is 10.1 Å². The van der Waals surface area contributed by atoms with E-state index in [1.165, 1.54) is 16.4 Å². The molecule has 0 unspecified atom stereocenters. The first kappa shape index (κ1) is 24.9. The summed E-state index contributed by atoms with van der Waals surface area (Å²) in [5.74, 6) is -0.878. The fourth-order valence-electron chi connectivity index (χ4n) is 3.85. The fourth-order valence-corrected chi connectivity index (χ4v) is 6.46. The smallest absolute Gasteiger partial charge is 0.411 e. The van der Waals surface area contributed by atoms with Crippen LogP contribution in [0, 0.1) is 5.92 Å². The minimum absolute atomic E-state index is 0.140. The van der Waals surface area contributed by atoms with Gasteiger partial charge < -0.3 is 13.9 Å². The van der Waals surface area contributed by atoms with Crippen molar-refractivity contribution in [3.63, 3.8) is 0 Å². The molecule has 10 nitrogen and oxygen atoms in total. The van der Waals surface area contributed by atoms with E-state index in [0.29, 0.717) is 29.5 Å². The number of benzene rings is 1. The van der Waals surface area contributed by atoms with Crippen LogP contribution in [-0.2, 0) is 30.9 Å². The summed E-state index contributed by atoms with van der Waals surface area (Å²) < 4.78 is 42.5. The van der Waals surface area contributed by atoms with Crippen LogP contribution in [0.1, 0.15) is 25.3 Å².